The second-order valence-electron chi connectivity index (χ2n) is 7.33. The molecule has 0 atom stereocenters. The molecular formula is C23H25N5OS. The Morgan fingerprint density at radius 2 is 1.67 bits per heavy atom. The first-order valence-corrected chi connectivity index (χ1v) is 11.0. The molecule has 1 amide bonds. The molecule has 6 nitrogen and oxygen atoms in total. The summed E-state index contributed by atoms with van der Waals surface area (Å²) in [4.78, 5) is 14.6. The second kappa shape index (κ2) is 10.1. The van der Waals surface area contributed by atoms with E-state index >= 15 is 0 Å². The molecule has 0 bridgehead atoms. The van der Waals surface area contributed by atoms with Crippen molar-refractivity contribution in [3.63, 3.8) is 0 Å². The third-order valence-corrected chi connectivity index (χ3v) is 5.82. The fourth-order valence-electron chi connectivity index (χ4n) is 3.47. The number of likely N-dealkylation sites (tertiary alicyclic amines) is 1. The number of amides is 1. The van der Waals surface area contributed by atoms with E-state index < -0.39 is 0 Å². The number of carbonyl (C=O) groups excluding carboxylic acids is 1. The van der Waals surface area contributed by atoms with Gasteiger partial charge in [0.1, 0.15) is 0 Å². The van der Waals surface area contributed by atoms with Gasteiger partial charge in [0.25, 0.3) is 0 Å². The molecule has 1 aliphatic rings. The number of hydrogen-bond donors (Lipinski definition) is 2. The van der Waals surface area contributed by atoms with Crippen molar-refractivity contribution in [2.75, 3.05) is 23.7 Å². The lowest BCUT2D eigenvalue weighted by Gasteiger charge is -2.32. The van der Waals surface area contributed by atoms with Crippen LogP contribution in [0.25, 0.3) is 6.08 Å². The minimum absolute atomic E-state index is 0.212. The molecule has 2 heterocycles. The number of piperidine rings is 1. The molecule has 1 aromatic heterocycles. The molecule has 1 fully saturated rings. The van der Waals surface area contributed by atoms with E-state index in [1.165, 1.54) is 23.0 Å². The van der Waals surface area contributed by atoms with Gasteiger partial charge in [-0.2, -0.15) is 0 Å². The number of rotatable bonds is 7. The lowest BCUT2D eigenvalue weighted by Crippen LogP contribution is -2.38. The molecule has 0 aliphatic carbocycles. The van der Waals surface area contributed by atoms with Crippen LogP contribution in [0.15, 0.2) is 66.7 Å². The van der Waals surface area contributed by atoms with E-state index in [1.54, 1.807) is 6.08 Å². The second-order valence-corrected chi connectivity index (χ2v) is 8.30. The monoisotopic (exact) mass is 419 g/mol. The van der Waals surface area contributed by atoms with Gasteiger partial charge >= 0.3 is 0 Å². The van der Waals surface area contributed by atoms with Gasteiger partial charge in [0.2, 0.25) is 16.2 Å². The molecule has 4 rings (SSSR count). The van der Waals surface area contributed by atoms with Gasteiger partial charge in [-0.15, -0.1) is 10.2 Å². The molecule has 0 radical (unpaired) electrons. The molecule has 2 aromatic carbocycles. The molecule has 3 aromatic rings. The van der Waals surface area contributed by atoms with Gasteiger partial charge in [0.15, 0.2) is 0 Å². The fraction of sp³-hybridized carbons (Fsp3) is 0.261. The predicted molar refractivity (Wildman–Crippen MR) is 122 cm³/mol. The summed E-state index contributed by atoms with van der Waals surface area (Å²) in [6.07, 6.45) is 5.41. The highest BCUT2D eigenvalue weighted by Crippen LogP contribution is 2.23. The highest BCUT2D eigenvalue weighted by Gasteiger charge is 2.20. The van der Waals surface area contributed by atoms with Crippen LogP contribution < -0.4 is 10.6 Å². The number of anilines is 2. The van der Waals surface area contributed by atoms with E-state index in [4.69, 9.17) is 0 Å². The Labute approximate surface area is 180 Å². The largest absolute Gasteiger partial charge is 0.357 e. The standard InChI is InChI=1S/C23H25N5OS/c29-21(12-11-18-7-3-1-4-8-18)25-23-27-26-22(30-23)24-20-13-15-28(16-14-20)17-19-9-5-2-6-10-19/h1-12,20H,13-17H2,(H,24,26)(H,25,27,29)/b12-11+. The van der Waals surface area contributed by atoms with Gasteiger partial charge in [-0.25, -0.2) is 0 Å². The first kappa shape index (κ1) is 20.3. The summed E-state index contributed by atoms with van der Waals surface area (Å²) in [7, 11) is 0. The van der Waals surface area contributed by atoms with Gasteiger partial charge in [0, 0.05) is 31.8 Å². The van der Waals surface area contributed by atoms with Crippen molar-refractivity contribution in [1.82, 2.24) is 15.1 Å². The molecule has 0 spiro atoms. The summed E-state index contributed by atoms with van der Waals surface area (Å²) in [6.45, 7) is 3.11. The lowest BCUT2D eigenvalue weighted by atomic mass is 10.0. The molecule has 1 aliphatic heterocycles. The number of nitrogens with zero attached hydrogens (tertiary/aromatic N) is 3. The van der Waals surface area contributed by atoms with E-state index in [-0.39, 0.29) is 5.91 Å². The predicted octanol–water partition coefficient (Wildman–Crippen LogP) is 4.27. The summed E-state index contributed by atoms with van der Waals surface area (Å²) in [5, 5.41) is 15.7. The minimum Gasteiger partial charge on any atom is -0.357 e. The number of hydrogen-bond acceptors (Lipinski definition) is 6. The maximum Gasteiger partial charge on any atom is 0.250 e. The zero-order valence-electron chi connectivity index (χ0n) is 16.7. The van der Waals surface area contributed by atoms with Gasteiger partial charge in [-0.05, 0) is 30.0 Å². The van der Waals surface area contributed by atoms with Crippen LogP contribution in [0.5, 0.6) is 0 Å². The van der Waals surface area contributed by atoms with Crippen molar-refractivity contribution in [2.24, 2.45) is 0 Å². The van der Waals surface area contributed by atoms with Crippen LogP contribution in [0.1, 0.15) is 24.0 Å². The summed E-state index contributed by atoms with van der Waals surface area (Å²) >= 11 is 1.37. The number of carbonyl (C=O) groups is 1. The Balaban J connectivity index is 1.22. The average Bonchev–Trinajstić information content (AvgIpc) is 3.22. The molecule has 0 saturated carbocycles. The van der Waals surface area contributed by atoms with Crippen molar-refractivity contribution in [3.8, 4) is 0 Å². The highest BCUT2D eigenvalue weighted by atomic mass is 32.1. The van der Waals surface area contributed by atoms with Crippen molar-refractivity contribution in [1.29, 1.82) is 0 Å². The number of nitrogens with one attached hydrogen (secondary N) is 2. The molecule has 154 valence electrons. The smallest absolute Gasteiger partial charge is 0.250 e. The van der Waals surface area contributed by atoms with Crippen LogP contribution >= 0.6 is 11.3 Å². The fourth-order valence-corrected chi connectivity index (χ4v) is 4.19. The van der Waals surface area contributed by atoms with Crippen molar-refractivity contribution in [2.45, 2.75) is 25.4 Å². The zero-order chi connectivity index (χ0) is 20.6. The van der Waals surface area contributed by atoms with Crippen LogP contribution in [0.2, 0.25) is 0 Å². The van der Waals surface area contributed by atoms with Crippen LogP contribution in [-0.2, 0) is 11.3 Å². The topological polar surface area (TPSA) is 70.1 Å². The normalized spacial score (nSPS) is 15.3. The summed E-state index contributed by atoms with van der Waals surface area (Å²) < 4.78 is 0. The third-order valence-electron chi connectivity index (χ3n) is 5.05. The molecule has 30 heavy (non-hydrogen) atoms. The Hall–Kier alpha value is -3.03. The number of aromatic nitrogens is 2. The summed E-state index contributed by atoms with van der Waals surface area (Å²) in [5.74, 6) is -0.212. The van der Waals surface area contributed by atoms with E-state index in [1.807, 2.05) is 30.3 Å². The average molecular weight is 420 g/mol. The zero-order valence-corrected chi connectivity index (χ0v) is 17.5. The minimum atomic E-state index is -0.212. The third kappa shape index (κ3) is 5.98. The Bertz CT molecular complexity index is 966. The molecule has 1 saturated heterocycles. The Morgan fingerprint density at radius 1 is 1.00 bits per heavy atom. The van der Waals surface area contributed by atoms with Crippen LogP contribution in [0, 0.1) is 0 Å². The van der Waals surface area contributed by atoms with E-state index in [2.05, 4.69) is 56.1 Å². The molecule has 2 N–H and O–H groups in total. The van der Waals surface area contributed by atoms with Crippen molar-refractivity contribution in [3.05, 3.63) is 77.9 Å². The van der Waals surface area contributed by atoms with Crippen molar-refractivity contribution >= 4 is 33.6 Å². The first-order valence-electron chi connectivity index (χ1n) is 10.1. The Kier molecular flexibility index (Phi) is 6.84. The highest BCUT2D eigenvalue weighted by molar-refractivity contribution is 7.19. The van der Waals surface area contributed by atoms with Crippen LogP contribution in [0.4, 0.5) is 10.3 Å². The Morgan fingerprint density at radius 3 is 2.40 bits per heavy atom. The SMILES string of the molecule is O=C(/C=C/c1ccccc1)Nc1nnc(NC2CCN(Cc3ccccc3)CC2)s1. The maximum atomic E-state index is 12.1. The van der Waals surface area contributed by atoms with E-state index in [0.717, 1.165) is 43.2 Å². The molecule has 0 unspecified atom stereocenters. The van der Waals surface area contributed by atoms with Gasteiger partial charge in [-0.3, -0.25) is 15.0 Å². The van der Waals surface area contributed by atoms with Gasteiger partial charge in [-0.1, -0.05) is 72.0 Å². The lowest BCUT2D eigenvalue weighted by molar-refractivity contribution is -0.111. The number of benzene rings is 2. The maximum absolute atomic E-state index is 12.1. The van der Waals surface area contributed by atoms with E-state index in [9.17, 15) is 4.79 Å². The first-order chi connectivity index (χ1) is 14.7. The molecule has 7 heteroatoms. The summed E-state index contributed by atoms with van der Waals surface area (Å²) in [5.41, 5.74) is 2.33. The van der Waals surface area contributed by atoms with Crippen molar-refractivity contribution < 1.29 is 4.79 Å². The molecular weight excluding hydrogens is 394 g/mol. The summed E-state index contributed by atoms with van der Waals surface area (Å²) in [6, 6.07) is 20.7. The van der Waals surface area contributed by atoms with E-state index in [0.29, 0.717) is 11.2 Å². The quantitative estimate of drug-likeness (QED) is 0.560. The van der Waals surface area contributed by atoms with Gasteiger partial charge < -0.3 is 5.32 Å². The van der Waals surface area contributed by atoms with Gasteiger partial charge in [0.05, 0.1) is 0 Å². The van der Waals surface area contributed by atoms with Crippen LogP contribution in [-0.4, -0.2) is 40.1 Å². The van der Waals surface area contributed by atoms with Crippen LogP contribution in [0.3, 0.4) is 0 Å².